The smallest absolute Gasteiger partial charge is 0.287 e. The number of amides is 1. The summed E-state index contributed by atoms with van der Waals surface area (Å²) in [6.45, 7) is 5.36. The summed E-state index contributed by atoms with van der Waals surface area (Å²) in [7, 11) is -2.28. The van der Waals surface area contributed by atoms with Crippen molar-refractivity contribution in [2.75, 3.05) is 7.11 Å². The number of fused-ring (bicyclic) bond motifs is 1. The Morgan fingerprint density at radius 2 is 1.79 bits per heavy atom. The lowest BCUT2D eigenvalue weighted by Gasteiger charge is -2.18. The van der Waals surface area contributed by atoms with Crippen molar-refractivity contribution >= 4 is 26.7 Å². The van der Waals surface area contributed by atoms with Crippen LogP contribution in [0.1, 0.15) is 36.9 Å². The Hall–Kier alpha value is -2.84. The average Bonchev–Trinajstić information content (AvgIpc) is 3.15. The van der Waals surface area contributed by atoms with Gasteiger partial charge in [-0.15, -0.1) is 0 Å². The fraction of sp³-hybridized carbons (Fsp3) is 0.286. The molecule has 1 amide bonds. The summed E-state index contributed by atoms with van der Waals surface area (Å²) in [5, 5.41) is 4.45. The molecule has 154 valence electrons. The van der Waals surface area contributed by atoms with E-state index in [-0.39, 0.29) is 17.4 Å². The largest absolute Gasteiger partial charge is 0.496 e. The van der Waals surface area contributed by atoms with E-state index in [0.717, 1.165) is 16.3 Å². The van der Waals surface area contributed by atoms with Gasteiger partial charge in [-0.05, 0) is 49.7 Å². The van der Waals surface area contributed by atoms with Crippen molar-refractivity contribution in [3.05, 3.63) is 59.9 Å². The van der Waals surface area contributed by atoms with Crippen LogP contribution in [0.2, 0.25) is 0 Å². The molecule has 0 aliphatic heterocycles. The lowest BCUT2D eigenvalue weighted by molar-refractivity contribution is 0.0917. The lowest BCUT2D eigenvalue weighted by atomic mass is 10.0. The second kappa shape index (κ2) is 7.88. The van der Waals surface area contributed by atoms with E-state index >= 15 is 0 Å². The number of sulfonamides is 1. The third kappa shape index (κ3) is 4.78. The molecule has 2 aromatic carbocycles. The van der Waals surface area contributed by atoms with Gasteiger partial charge in [0.25, 0.3) is 15.9 Å². The van der Waals surface area contributed by atoms with Gasteiger partial charge in [-0.1, -0.05) is 30.3 Å². The molecule has 7 nitrogen and oxygen atoms in total. The molecule has 0 atom stereocenters. The molecule has 1 heterocycles. The van der Waals surface area contributed by atoms with Crippen LogP contribution in [0.25, 0.3) is 10.8 Å². The summed E-state index contributed by atoms with van der Waals surface area (Å²) in [6.07, 6.45) is 0. The molecule has 3 aromatic rings. The lowest BCUT2D eigenvalue weighted by Crippen LogP contribution is -2.40. The summed E-state index contributed by atoms with van der Waals surface area (Å²) >= 11 is 0. The quantitative estimate of drug-likeness (QED) is 0.641. The Labute approximate surface area is 170 Å². The number of nitrogens with one attached hydrogen (secondary N) is 2. The van der Waals surface area contributed by atoms with Crippen LogP contribution in [0.4, 0.5) is 0 Å². The van der Waals surface area contributed by atoms with Gasteiger partial charge in [-0.25, -0.2) is 13.1 Å². The van der Waals surface area contributed by atoms with E-state index in [2.05, 4.69) is 10.0 Å². The Morgan fingerprint density at radius 3 is 2.48 bits per heavy atom. The zero-order valence-electron chi connectivity index (χ0n) is 16.8. The molecular formula is C21H24N2O5S. The van der Waals surface area contributed by atoms with Gasteiger partial charge in [0.2, 0.25) is 5.09 Å². The van der Waals surface area contributed by atoms with E-state index in [1.807, 2.05) is 36.4 Å². The maximum Gasteiger partial charge on any atom is 0.287 e. The Bertz CT molecular complexity index is 1140. The average molecular weight is 416 g/mol. The number of carbonyl (C=O) groups is 1. The fourth-order valence-electron chi connectivity index (χ4n) is 2.99. The summed E-state index contributed by atoms with van der Waals surface area (Å²) in [6, 6.07) is 14.2. The van der Waals surface area contributed by atoms with E-state index < -0.39 is 21.5 Å². The maximum atomic E-state index is 12.5. The van der Waals surface area contributed by atoms with Crippen molar-refractivity contribution in [2.24, 2.45) is 0 Å². The van der Waals surface area contributed by atoms with Crippen LogP contribution in [0.5, 0.6) is 5.75 Å². The molecule has 0 bridgehead atoms. The predicted molar refractivity (Wildman–Crippen MR) is 110 cm³/mol. The van der Waals surface area contributed by atoms with E-state index in [9.17, 15) is 13.2 Å². The molecule has 0 fully saturated rings. The monoisotopic (exact) mass is 416 g/mol. The molecule has 0 radical (unpaired) electrons. The summed E-state index contributed by atoms with van der Waals surface area (Å²) in [5.41, 5.74) is 0.159. The zero-order chi connectivity index (χ0) is 21.2. The molecule has 0 unspecified atom stereocenters. The minimum absolute atomic E-state index is 0.0847. The van der Waals surface area contributed by atoms with Gasteiger partial charge in [0, 0.05) is 17.6 Å². The van der Waals surface area contributed by atoms with Crippen molar-refractivity contribution in [2.45, 2.75) is 37.9 Å². The number of hydrogen-bond donors (Lipinski definition) is 2. The molecule has 0 aliphatic rings. The van der Waals surface area contributed by atoms with E-state index in [1.54, 1.807) is 27.9 Å². The summed E-state index contributed by atoms with van der Waals surface area (Å²) in [5.74, 6) is 0.0526. The van der Waals surface area contributed by atoms with Crippen molar-refractivity contribution in [1.29, 1.82) is 0 Å². The topological polar surface area (TPSA) is 97.6 Å². The van der Waals surface area contributed by atoms with Crippen molar-refractivity contribution in [1.82, 2.24) is 10.0 Å². The zero-order valence-corrected chi connectivity index (χ0v) is 17.6. The first kappa shape index (κ1) is 20.9. The van der Waals surface area contributed by atoms with Crippen LogP contribution < -0.4 is 14.8 Å². The highest BCUT2D eigenvalue weighted by molar-refractivity contribution is 7.89. The normalized spacial score (nSPS) is 12.1. The van der Waals surface area contributed by atoms with Crippen LogP contribution in [-0.4, -0.2) is 27.0 Å². The van der Waals surface area contributed by atoms with Crippen LogP contribution in [0.15, 0.2) is 58.0 Å². The number of benzene rings is 2. The minimum Gasteiger partial charge on any atom is -0.496 e. The highest BCUT2D eigenvalue weighted by atomic mass is 32.2. The van der Waals surface area contributed by atoms with Gasteiger partial charge in [0.1, 0.15) is 5.75 Å². The second-order valence-electron chi connectivity index (χ2n) is 7.62. The van der Waals surface area contributed by atoms with Crippen molar-refractivity contribution in [3.63, 3.8) is 0 Å². The van der Waals surface area contributed by atoms with Gasteiger partial charge >= 0.3 is 0 Å². The minimum atomic E-state index is -3.85. The molecule has 3 rings (SSSR count). The third-order valence-corrected chi connectivity index (χ3v) is 5.78. The molecule has 29 heavy (non-hydrogen) atoms. The standard InChI is InChI=1S/C21H24N2O5S/c1-21(2,3)23-29(25,26)19-12-11-18(28-19)20(24)22-13-16-15-8-6-5-7-14(15)9-10-17(16)27-4/h5-12,23H,13H2,1-4H3,(H,22,24). The number of carbonyl (C=O) groups excluding carboxylic acids is 1. The molecule has 1 aromatic heterocycles. The Morgan fingerprint density at radius 1 is 1.07 bits per heavy atom. The summed E-state index contributed by atoms with van der Waals surface area (Å²) in [4.78, 5) is 12.5. The molecule has 8 heteroatoms. The first-order valence-electron chi connectivity index (χ1n) is 9.07. The van der Waals surface area contributed by atoms with Crippen molar-refractivity contribution < 1.29 is 22.4 Å². The number of ether oxygens (including phenoxy) is 1. The molecule has 2 N–H and O–H groups in total. The maximum absolute atomic E-state index is 12.5. The van der Waals surface area contributed by atoms with Gasteiger partial charge in [0.15, 0.2) is 5.76 Å². The Balaban J connectivity index is 1.79. The first-order valence-corrected chi connectivity index (χ1v) is 10.6. The van der Waals surface area contributed by atoms with E-state index in [1.165, 1.54) is 12.1 Å². The molecule has 0 saturated carbocycles. The van der Waals surface area contributed by atoms with Crippen molar-refractivity contribution in [3.8, 4) is 5.75 Å². The fourth-order valence-corrected chi connectivity index (χ4v) is 4.34. The van der Waals surface area contributed by atoms with Crippen LogP contribution in [0, 0.1) is 0 Å². The van der Waals surface area contributed by atoms with E-state index in [4.69, 9.17) is 9.15 Å². The van der Waals surface area contributed by atoms with Crippen LogP contribution >= 0.6 is 0 Å². The van der Waals surface area contributed by atoms with Crippen LogP contribution in [-0.2, 0) is 16.6 Å². The number of furan rings is 1. The van der Waals surface area contributed by atoms with Gasteiger partial charge < -0.3 is 14.5 Å². The summed E-state index contributed by atoms with van der Waals surface area (Å²) < 4.78 is 37.9. The predicted octanol–water partition coefficient (Wildman–Crippen LogP) is 3.45. The first-order chi connectivity index (χ1) is 13.6. The van der Waals surface area contributed by atoms with Gasteiger partial charge in [0.05, 0.1) is 7.11 Å². The van der Waals surface area contributed by atoms with Crippen LogP contribution in [0.3, 0.4) is 0 Å². The van der Waals surface area contributed by atoms with E-state index in [0.29, 0.717) is 5.75 Å². The molecule has 0 aliphatic carbocycles. The number of rotatable bonds is 6. The highest BCUT2D eigenvalue weighted by Gasteiger charge is 2.26. The molecule has 0 spiro atoms. The van der Waals surface area contributed by atoms with Gasteiger partial charge in [-0.3, -0.25) is 4.79 Å². The second-order valence-corrected chi connectivity index (χ2v) is 9.24. The molecular weight excluding hydrogens is 392 g/mol. The number of methoxy groups -OCH3 is 1. The van der Waals surface area contributed by atoms with Gasteiger partial charge in [-0.2, -0.15) is 0 Å². The number of hydrogen-bond acceptors (Lipinski definition) is 5. The highest BCUT2D eigenvalue weighted by Crippen LogP contribution is 2.28. The molecule has 0 saturated heterocycles. The Kier molecular flexibility index (Phi) is 5.68. The SMILES string of the molecule is COc1ccc2ccccc2c1CNC(=O)c1ccc(S(=O)(=O)NC(C)(C)C)o1. The third-order valence-electron chi connectivity index (χ3n) is 4.15.